The molecule has 0 heterocycles. The van der Waals surface area contributed by atoms with Crippen molar-refractivity contribution < 1.29 is 4.79 Å². The van der Waals surface area contributed by atoms with E-state index >= 15 is 0 Å². The number of hydrogen-bond acceptors (Lipinski definition) is 3. The van der Waals surface area contributed by atoms with Gasteiger partial charge in [0.15, 0.2) is 0 Å². The number of nitrogens with zero attached hydrogens (tertiary/aromatic N) is 1. The van der Waals surface area contributed by atoms with E-state index in [0.29, 0.717) is 6.42 Å². The van der Waals surface area contributed by atoms with Crippen LogP contribution in [-0.2, 0) is 4.79 Å². The summed E-state index contributed by atoms with van der Waals surface area (Å²) in [4.78, 5) is 14.0. The van der Waals surface area contributed by atoms with Gasteiger partial charge in [0, 0.05) is 32.1 Å². The van der Waals surface area contributed by atoms with Crippen LogP contribution in [0.4, 0.5) is 0 Å². The molecule has 1 amide bonds. The quantitative estimate of drug-likeness (QED) is 0.717. The first-order valence-electron chi connectivity index (χ1n) is 8.27. The van der Waals surface area contributed by atoms with Gasteiger partial charge in [0.25, 0.3) is 0 Å². The summed E-state index contributed by atoms with van der Waals surface area (Å²) in [6.45, 7) is 7.09. The molecule has 0 saturated heterocycles. The van der Waals surface area contributed by atoms with Crippen LogP contribution in [0.2, 0.25) is 0 Å². The van der Waals surface area contributed by atoms with Crippen molar-refractivity contribution in [2.24, 2.45) is 11.7 Å². The summed E-state index contributed by atoms with van der Waals surface area (Å²) in [7, 11) is 1.71. The minimum atomic E-state index is 0.125. The van der Waals surface area contributed by atoms with E-state index in [2.05, 4.69) is 24.1 Å². The lowest BCUT2D eigenvalue weighted by Crippen LogP contribution is -2.56. The summed E-state index contributed by atoms with van der Waals surface area (Å²) < 4.78 is 0. The Hall–Kier alpha value is -0.610. The van der Waals surface area contributed by atoms with Gasteiger partial charge in [0.05, 0.1) is 0 Å². The molecule has 0 aromatic rings. The molecule has 0 bridgehead atoms. The van der Waals surface area contributed by atoms with Gasteiger partial charge in [-0.15, -0.1) is 0 Å². The molecule has 3 N–H and O–H groups in total. The first-order valence-corrected chi connectivity index (χ1v) is 8.27. The fraction of sp³-hybridized carbons (Fsp3) is 0.938. The zero-order valence-corrected chi connectivity index (χ0v) is 13.6. The van der Waals surface area contributed by atoms with Crippen molar-refractivity contribution >= 4 is 5.91 Å². The minimum Gasteiger partial charge on any atom is -0.359 e. The molecule has 1 aliphatic carbocycles. The van der Waals surface area contributed by atoms with E-state index in [1.807, 2.05) is 0 Å². The number of hydrogen-bond donors (Lipinski definition) is 2. The second-order valence-electron chi connectivity index (χ2n) is 6.19. The summed E-state index contributed by atoms with van der Waals surface area (Å²) in [5, 5.41) is 2.72. The molecule has 4 nitrogen and oxygen atoms in total. The molecule has 0 aliphatic heterocycles. The van der Waals surface area contributed by atoms with Gasteiger partial charge < -0.3 is 11.1 Å². The molecule has 1 saturated carbocycles. The predicted octanol–water partition coefficient (Wildman–Crippen LogP) is 2.13. The SMILES string of the molecule is CCCN(CCC(=O)NC)C1(CN)CCC(CC)CC1. The Labute approximate surface area is 124 Å². The predicted molar refractivity (Wildman–Crippen MR) is 84.6 cm³/mol. The first-order chi connectivity index (χ1) is 9.61. The van der Waals surface area contributed by atoms with Gasteiger partial charge in [-0.1, -0.05) is 20.3 Å². The highest BCUT2D eigenvalue weighted by Crippen LogP contribution is 2.37. The molecule has 4 heteroatoms. The highest BCUT2D eigenvalue weighted by Gasteiger charge is 2.38. The lowest BCUT2D eigenvalue weighted by Gasteiger charge is -2.47. The number of nitrogens with one attached hydrogen (secondary N) is 1. The van der Waals surface area contributed by atoms with Crippen LogP contribution in [-0.4, -0.2) is 43.0 Å². The molecule has 0 unspecified atom stereocenters. The highest BCUT2D eigenvalue weighted by atomic mass is 16.1. The first kappa shape index (κ1) is 17.4. The molecule has 1 fully saturated rings. The van der Waals surface area contributed by atoms with Crippen molar-refractivity contribution in [3.63, 3.8) is 0 Å². The summed E-state index contributed by atoms with van der Waals surface area (Å²) in [5.74, 6) is 0.998. The maximum Gasteiger partial charge on any atom is 0.221 e. The van der Waals surface area contributed by atoms with Gasteiger partial charge in [-0.05, 0) is 44.6 Å². The molecule has 0 radical (unpaired) electrons. The van der Waals surface area contributed by atoms with Crippen molar-refractivity contribution in [2.45, 2.75) is 64.3 Å². The fourth-order valence-corrected chi connectivity index (χ4v) is 3.49. The van der Waals surface area contributed by atoms with Gasteiger partial charge in [-0.2, -0.15) is 0 Å². The Kier molecular flexibility index (Phi) is 7.52. The van der Waals surface area contributed by atoms with Crippen molar-refractivity contribution in [1.82, 2.24) is 10.2 Å². The van der Waals surface area contributed by atoms with Crippen LogP contribution in [0.25, 0.3) is 0 Å². The number of amides is 1. The minimum absolute atomic E-state index is 0.125. The standard InChI is InChI=1S/C16H33N3O/c1-4-11-19(12-8-15(20)18-3)16(13-17)9-6-14(5-2)7-10-16/h14H,4-13,17H2,1-3H3,(H,18,20). The van der Waals surface area contributed by atoms with Gasteiger partial charge >= 0.3 is 0 Å². The van der Waals surface area contributed by atoms with Gasteiger partial charge in [-0.3, -0.25) is 9.69 Å². The van der Waals surface area contributed by atoms with E-state index < -0.39 is 0 Å². The van der Waals surface area contributed by atoms with E-state index in [1.54, 1.807) is 7.05 Å². The topological polar surface area (TPSA) is 58.4 Å². The summed E-state index contributed by atoms with van der Waals surface area (Å²) >= 11 is 0. The maximum absolute atomic E-state index is 11.5. The second-order valence-corrected chi connectivity index (χ2v) is 6.19. The van der Waals surface area contributed by atoms with E-state index in [1.165, 1.54) is 32.1 Å². The van der Waals surface area contributed by atoms with Crippen LogP contribution in [0, 0.1) is 5.92 Å². The van der Waals surface area contributed by atoms with Crippen LogP contribution in [0.15, 0.2) is 0 Å². The van der Waals surface area contributed by atoms with Crippen molar-refractivity contribution in [2.75, 3.05) is 26.7 Å². The molecule has 0 spiro atoms. The number of rotatable bonds is 8. The van der Waals surface area contributed by atoms with Crippen molar-refractivity contribution in [3.8, 4) is 0 Å². The Morgan fingerprint density at radius 1 is 1.30 bits per heavy atom. The Morgan fingerprint density at radius 2 is 1.95 bits per heavy atom. The molecule has 0 aromatic carbocycles. The summed E-state index contributed by atoms with van der Waals surface area (Å²) in [6, 6.07) is 0. The fourth-order valence-electron chi connectivity index (χ4n) is 3.49. The van der Waals surface area contributed by atoms with Crippen LogP contribution in [0.5, 0.6) is 0 Å². The second kappa shape index (κ2) is 8.63. The van der Waals surface area contributed by atoms with E-state index in [0.717, 1.165) is 32.0 Å². The lowest BCUT2D eigenvalue weighted by atomic mass is 9.74. The maximum atomic E-state index is 11.5. The summed E-state index contributed by atoms with van der Waals surface area (Å²) in [6.07, 6.45) is 7.93. The highest BCUT2D eigenvalue weighted by molar-refractivity contribution is 5.75. The van der Waals surface area contributed by atoms with Crippen LogP contribution >= 0.6 is 0 Å². The Balaban J connectivity index is 2.67. The smallest absolute Gasteiger partial charge is 0.221 e. The molecule has 0 atom stereocenters. The third kappa shape index (κ3) is 4.45. The Bertz CT molecular complexity index is 285. The van der Waals surface area contributed by atoms with Gasteiger partial charge in [0.1, 0.15) is 0 Å². The monoisotopic (exact) mass is 283 g/mol. The van der Waals surface area contributed by atoms with Gasteiger partial charge in [-0.25, -0.2) is 0 Å². The average molecular weight is 283 g/mol. The normalized spacial score (nSPS) is 26.8. The van der Waals surface area contributed by atoms with Crippen LogP contribution in [0.1, 0.15) is 58.8 Å². The Morgan fingerprint density at radius 3 is 2.40 bits per heavy atom. The molecule has 118 valence electrons. The number of carbonyl (C=O) groups excluding carboxylic acids is 1. The number of carbonyl (C=O) groups is 1. The zero-order valence-electron chi connectivity index (χ0n) is 13.6. The lowest BCUT2D eigenvalue weighted by molar-refractivity contribution is -0.121. The van der Waals surface area contributed by atoms with Crippen LogP contribution < -0.4 is 11.1 Å². The largest absolute Gasteiger partial charge is 0.359 e. The number of nitrogens with two attached hydrogens (primary N) is 1. The molecule has 0 aromatic heterocycles. The van der Waals surface area contributed by atoms with E-state index in [9.17, 15) is 4.79 Å². The molecule has 1 rings (SSSR count). The zero-order chi connectivity index (χ0) is 15.0. The third-order valence-electron chi connectivity index (χ3n) is 5.05. The molecular formula is C16H33N3O. The van der Waals surface area contributed by atoms with Crippen molar-refractivity contribution in [1.29, 1.82) is 0 Å². The molecule has 1 aliphatic rings. The molecular weight excluding hydrogens is 250 g/mol. The van der Waals surface area contributed by atoms with E-state index in [4.69, 9.17) is 5.73 Å². The van der Waals surface area contributed by atoms with Gasteiger partial charge in [0.2, 0.25) is 5.91 Å². The van der Waals surface area contributed by atoms with E-state index in [-0.39, 0.29) is 11.4 Å². The third-order valence-corrected chi connectivity index (χ3v) is 5.05. The molecule has 20 heavy (non-hydrogen) atoms. The van der Waals surface area contributed by atoms with Crippen LogP contribution in [0.3, 0.4) is 0 Å². The average Bonchev–Trinajstić information content (AvgIpc) is 2.51. The van der Waals surface area contributed by atoms with Crippen molar-refractivity contribution in [3.05, 3.63) is 0 Å². The summed E-state index contributed by atoms with van der Waals surface area (Å²) in [5.41, 5.74) is 6.29.